The van der Waals surface area contributed by atoms with Crippen LogP contribution in [0.15, 0.2) is 24.5 Å². The molecule has 1 aromatic carbocycles. The Balaban J connectivity index is 2.08. The number of nitro benzene ring substituents is 1. The van der Waals surface area contributed by atoms with Crippen molar-refractivity contribution in [3.63, 3.8) is 0 Å². The van der Waals surface area contributed by atoms with Crippen LogP contribution in [0, 0.1) is 17.0 Å². The SMILES string of the molecule is COc1ccc(Nc2ncnc3sc(C(=O)O)c(C)c23)cc1[N+](=O)[O-]. The minimum absolute atomic E-state index is 0.142. The highest BCUT2D eigenvalue weighted by molar-refractivity contribution is 7.20. The summed E-state index contributed by atoms with van der Waals surface area (Å²) in [6, 6.07) is 4.41. The third-order valence-electron chi connectivity index (χ3n) is 3.56. The zero-order valence-corrected chi connectivity index (χ0v) is 14.0. The van der Waals surface area contributed by atoms with Gasteiger partial charge in [0.05, 0.1) is 17.4 Å². The van der Waals surface area contributed by atoms with Gasteiger partial charge >= 0.3 is 11.7 Å². The van der Waals surface area contributed by atoms with Gasteiger partial charge < -0.3 is 15.2 Å². The Bertz CT molecular complexity index is 1000. The lowest BCUT2D eigenvalue weighted by Gasteiger charge is -2.08. The summed E-state index contributed by atoms with van der Waals surface area (Å²) in [5.74, 6) is -0.513. The van der Waals surface area contributed by atoms with Gasteiger partial charge in [-0.25, -0.2) is 14.8 Å². The van der Waals surface area contributed by atoms with Crippen LogP contribution in [0.4, 0.5) is 17.2 Å². The van der Waals surface area contributed by atoms with E-state index in [1.165, 1.54) is 25.6 Å². The van der Waals surface area contributed by atoms with Crippen LogP contribution in [0.5, 0.6) is 5.75 Å². The number of rotatable bonds is 5. The topological polar surface area (TPSA) is 127 Å². The van der Waals surface area contributed by atoms with Crippen LogP contribution in [-0.2, 0) is 0 Å². The Kier molecular flexibility index (Phi) is 4.19. The number of nitrogens with zero attached hydrogens (tertiary/aromatic N) is 3. The van der Waals surface area contributed by atoms with Gasteiger partial charge in [0, 0.05) is 11.8 Å². The van der Waals surface area contributed by atoms with Gasteiger partial charge in [-0.2, -0.15) is 0 Å². The van der Waals surface area contributed by atoms with Gasteiger partial charge in [-0.1, -0.05) is 0 Å². The molecule has 0 radical (unpaired) electrons. The Labute approximate surface area is 145 Å². The van der Waals surface area contributed by atoms with Gasteiger partial charge in [-0.05, 0) is 24.6 Å². The molecule has 2 N–H and O–H groups in total. The summed E-state index contributed by atoms with van der Waals surface area (Å²) in [6.45, 7) is 1.67. The molecule has 0 aliphatic heterocycles. The minimum Gasteiger partial charge on any atom is -0.490 e. The number of aryl methyl sites for hydroxylation is 1. The van der Waals surface area contributed by atoms with Crippen LogP contribution in [0.25, 0.3) is 10.2 Å². The number of aromatic nitrogens is 2. The number of thiophene rings is 1. The number of carboxylic acids is 1. The number of anilines is 2. The summed E-state index contributed by atoms with van der Waals surface area (Å²) in [5.41, 5.74) is 0.777. The van der Waals surface area contributed by atoms with Crippen LogP contribution in [0.3, 0.4) is 0 Å². The van der Waals surface area contributed by atoms with Crippen molar-refractivity contribution in [1.82, 2.24) is 9.97 Å². The number of methoxy groups -OCH3 is 1. The van der Waals surface area contributed by atoms with Gasteiger partial charge in [0.15, 0.2) is 5.75 Å². The molecule has 0 saturated carbocycles. The van der Waals surface area contributed by atoms with Crippen molar-refractivity contribution in [1.29, 1.82) is 0 Å². The van der Waals surface area contributed by atoms with Crippen molar-refractivity contribution >= 4 is 44.7 Å². The lowest BCUT2D eigenvalue weighted by molar-refractivity contribution is -0.385. The summed E-state index contributed by atoms with van der Waals surface area (Å²) in [7, 11) is 1.35. The molecule has 0 amide bonds. The quantitative estimate of drug-likeness (QED) is 0.524. The Hall–Kier alpha value is -3.27. The highest BCUT2D eigenvalue weighted by Crippen LogP contribution is 2.36. The fourth-order valence-electron chi connectivity index (χ4n) is 2.42. The molecule has 2 heterocycles. The molecule has 3 aromatic rings. The fraction of sp³-hybridized carbons (Fsp3) is 0.133. The molecule has 0 saturated heterocycles. The third kappa shape index (κ3) is 2.94. The molecule has 0 bridgehead atoms. The summed E-state index contributed by atoms with van der Waals surface area (Å²) in [5, 5.41) is 24.0. The minimum atomic E-state index is -1.04. The molecule has 9 nitrogen and oxygen atoms in total. The smallest absolute Gasteiger partial charge is 0.346 e. The number of aromatic carboxylic acids is 1. The maximum atomic E-state index is 11.3. The number of fused-ring (bicyclic) bond motifs is 1. The maximum absolute atomic E-state index is 11.3. The van der Waals surface area contributed by atoms with Crippen molar-refractivity contribution in [2.75, 3.05) is 12.4 Å². The van der Waals surface area contributed by atoms with Gasteiger partial charge in [0.2, 0.25) is 0 Å². The average Bonchev–Trinajstić information content (AvgIpc) is 2.93. The number of nitro groups is 1. The molecule has 2 aromatic heterocycles. The van der Waals surface area contributed by atoms with Crippen LogP contribution in [0.1, 0.15) is 15.2 Å². The molecule has 0 atom stereocenters. The standard InChI is InChI=1S/C15H12N4O5S/c1-7-11-13(16-6-17-14(11)25-12(7)15(20)21)18-8-3-4-10(24-2)9(5-8)19(22)23/h3-6H,1-2H3,(H,20,21)(H,16,17,18). The zero-order chi connectivity index (χ0) is 18.1. The van der Waals surface area contributed by atoms with E-state index >= 15 is 0 Å². The fourth-order valence-corrected chi connectivity index (χ4v) is 3.41. The lowest BCUT2D eigenvalue weighted by atomic mass is 10.2. The number of hydrogen-bond acceptors (Lipinski definition) is 8. The normalized spacial score (nSPS) is 10.6. The van der Waals surface area contributed by atoms with E-state index in [1.54, 1.807) is 13.0 Å². The van der Waals surface area contributed by atoms with Crippen molar-refractivity contribution in [2.45, 2.75) is 6.92 Å². The monoisotopic (exact) mass is 360 g/mol. The number of ether oxygens (including phenoxy) is 1. The highest BCUT2D eigenvalue weighted by atomic mass is 32.1. The lowest BCUT2D eigenvalue weighted by Crippen LogP contribution is -1.99. The Morgan fingerprint density at radius 2 is 2.16 bits per heavy atom. The molecule has 10 heteroatoms. The van der Waals surface area contributed by atoms with E-state index < -0.39 is 10.9 Å². The molecule has 25 heavy (non-hydrogen) atoms. The second kappa shape index (κ2) is 6.32. The molecule has 0 spiro atoms. The first-order valence-electron chi connectivity index (χ1n) is 6.99. The number of carboxylic acid groups (broad SMARTS) is 1. The van der Waals surface area contributed by atoms with Crippen LogP contribution in [0.2, 0.25) is 0 Å². The number of carbonyl (C=O) groups is 1. The summed E-state index contributed by atoms with van der Waals surface area (Å²) >= 11 is 1.05. The first kappa shape index (κ1) is 16.6. The average molecular weight is 360 g/mol. The van der Waals surface area contributed by atoms with Crippen molar-refractivity contribution in [3.8, 4) is 5.75 Å². The molecule has 0 unspecified atom stereocenters. The van der Waals surface area contributed by atoms with E-state index in [0.29, 0.717) is 27.3 Å². The van der Waals surface area contributed by atoms with E-state index in [1.807, 2.05) is 0 Å². The largest absolute Gasteiger partial charge is 0.490 e. The Morgan fingerprint density at radius 1 is 1.40 bits per heavy atom. The van der Waals surface area contributed by atoms with Gasteiger partial charge in [-0.15, -0.1) is 11.3 Å². The molecule has 0 fully saturated rings. The van der Waals surface area contributed by atoms with Crippen molar-refractivity contribution in [2.24, 2.45) is 0 Å². The van der Waals surface area contributed by atoms with E-state index in [4.69, 9.17) is 4.74 Å². The van der Waals surface area contributed by atoms with E-state index in [9.17, 15) is 20.0 Å². The molecule has 0 aliphatic carbocycles. The molecule has 3 rings (SSSR count). The third-order valence-corrected chi connectivity index (χ3v) is 4.75. The van der Waals surface area contributed by atoms with Crippen LogP contribution in [-0.4, -0.2) is 33.1 Å². The Morgan fingerprint density at radius 3 is 2.80 bits per heavy atom. The van der Waals surface area contributed by atoms with Crippen molar-refractivity contribution < 1.29 is 19.6 Å². The molecular weight excluding hydrogens is 348 g/mol. The number of nitrogens with one attached hydrogen (secondary N) is 1. The second-order valence-corrected chi connectivity index (χ2v) is 6.03. The first-order valence-corrected chi connectivity index (χ1v) is 7.81. The molecule has 128 valence electrons. The van der Waals surface area contributed by atoms with Gasteiger partial charge in [-0.3, -0.25) is 10.1 Å². The van der Waals surface area contributed by atoms with E-state index in [2.05, 4.69) is 15.3 Å². The number of benzene rings is 1. The van der Waals surface area contributed by atoms with Gasteiger partial charge in [0.25, 0.3) is 0 Å². The van der Waals surface area contributed by atoms with Gasteiger partial charge in [0.1, 0.15) is 21.9 Å². The first-order chi connectivity index (χ1) is 11.9. The predicted octanol–water partition coefficient (Wildman–Crippen LogP) is 3.36. The molecular formula is C15H12N4O5S. The highest BCUT2D eigenvalue weighted by Gasteiger charge is 2.20. The van der Waals surface area contributed by atoms with Crippen LogP contribution < -0.4 is 10.1 Å². The van der Waals surface area contributed by atoms with Crippen molar-refractivity contribution in [3.05, 3.63) is 45.1 Å². The van der Waals surface area contributed by atoms with Crippen LogP contribution >= 0.6 is 11.3 Å². The predicted molar refractivity (Wildman–Crippen MR) is 92.0 cm³/mol. The second-order valence-electron chi connectivity index (χ2n) is 5.03. The molecule has 0 aliphatic rings. The van der Waals surface area contributed by atoms with E-state index in [0.717, 1.165) is 11.3 Å². The number of hydrogen-bond donors (Lipinski definition) is 2. The maximum Gasteiger partial charge on any atom is 0.346 e. The summed E-state index contributed by atoms with van der Waals surface area (Å²) in [4.78, 5) is 30.8. The summed E-state index contributed by atoms with van der Waals surface area (Å²) in [6.07, 6.45) is 1.31. The van der Waals surface area contributed by atoms with E-state index in [-0.39, 0.29) is 16.3 Å². The zero-order valence-electron chi connectivity index (χ0n) is 13.1. The summed E-state index contributed by atoms with van der Waals surface area (Å²) < 4.78 is 4.97.